The van der Waals surface area contributed by atoms with E-state index in [4.69, 9.17) is 4.74 Å². The van der Waals surface area contributed by atoms with Gasteiger partial charge in [0.25, 0.3) is 5.09 Å². The lowest BCUT2D eigenvalue weighted by molar-refractivity contribution is -0.757. The molecule has 0 spiro atoms. The van der Waals surface area contributed by atoms with Crippen molar-refractivity contribution in [2.75, 3.05) is 43.4 Å². The van der Waals surface area contributed by atoms with Gasteiger partial charge in [-0.15, -0.1) is 10.1 Å². The molecule has 12 nitrogen and oxygen atoms in total. The van der Waals surface area contributed by atoms with Gasteiger partial charge in [0.1, 0.15) is 18.5 Å². The Morgan fingerprint density at radius 3 is 2.82 bits per heavy atom. The van der Waals surface area contributed by atoms with Gasteiger partial charge < -0.3 is 25.3 Å². The molecular weight excluding hydrogens is 456 g/mol. The summed E-state index contributed by atoms with van der Waals surface area (Å²) in [5, 5.41) is 25.4. The molecule has 1 heterocycles. The third-order valence-electron chi connectivity index (χ3n) is 5.19. The molecule has 1 aromatic carbocycles. The van der Waals surface area contributed by atoms with Gasteiger partial charge in [-0.1, -0.05) is 6.07 Å². The Balaban J connectivity index is 1.76. The first-order valence-electron chi connectivity index (χ1n) is 10.6. The zero-order chi connectivity index (χ0) is 24.6. The van der Waals surface area contributed by atoms with Crippen molar-refractivity contribution in [2.45, 2.75) is 44.8 Å². The maximum Gasteiger partial charge on any atom is 0.294 e. The van der Waals surface area contributed by atoms with Gasteiger partial charge in [0.2, 0.25) is 15.9 Å². The van der Waals surface area contributed by atoms with Crippen LogP contribution in [0.15, 0.2) is 18.2 Å². The number of nitrogens with zero attached hydrogens (tertiary/aromatic N) is 2. The van der Waals surface area contributed by atoms with Crippen molar-refractivity contribution in [1.82, 2.24) is 10.6 Å². The predicted octanol–water partition coefficient (Wildman–Crippen LogP) is 0.221. The molecule has 2 rings (SSSR count). The third-order valence-corrected chi connectivity index (χ3v) is 6.95. The molecule has 1 amide bonds. The molecule has 0 fully saturated rings. The summed E-state index contributed by atoms with van der Waals surface area (Å²) in [5.41, 5.74) is 0.853. The zero-order valence-electron chi connectivity index (χ0n) is 19.1. The highest BCUT2D eigenvalue weighted by Crippen LogP contribution is 2.34. The van der Waals surface area contributed by atoms with Crippen molar-refractivity contribution < 1.29 is 33.0 Å². The number of fused-ring (bicyclic) bond motifs is 1. The number of rotatable bonds is 13. The minimum atomic E-state index is -3.31. The molecule has 186 valence electrons. The monoisotopic (exact) mass is 488 g/mol. The lowest BCUT2D eigenvalue weighted by Gasteiger charge is -2.29. The average Bonchev–Trinajstić information content (AvgIpc) is 2.75. The summed E-state index contributed by atoms with van der Waals surface area (Å²) in [4.78, 5) is 26.1. The second kappa shape index (κ2) is 11.5. The van der Waals surface area contributed by atoms with Crippen LogP contribution in [0.2, 0.25) is 0 Å². The molecule has 1 unspecified atom stereocenters. The van der Waals surface area contributed by atoms with Crippen LogP contribution in [0.1, 0.15) is 32.3 Å². The van der Waals surface area contributed by atoms with Crippen LogP contribution < -0.4 is 19.7 Å². The predicted molar refractivity (Wildman–Crippen MR) is 121 cm³/mol. The Hall–Kier alpha value is -2.64. The second-order valence-corrected chi connectivity index (χ2v) is 10.6. The number of aliphatic hydroxyl groups excluding tert-OH is 1. The molecule has 3 N–H and O–H groups in total. The van der Waals surface area contributed by atoms with E-state index in [0.717, 1.165) is 5.56 Å². The van der Waals surface area contributed by atoms with Crippen molar-refractivity contribution in [3.63, 3.8) is 0 Å². The van der Waals surface area contributed by atoms with E-state index in [1.165, 1.54) is 11.4 Å². The summed E-state index contributed by atoms with van der Waals surface area (Å²) in [6, 6.07) is 5.19. The number of hydrogen-bond acceptors (Lipinski definition) is 9. The standard InChI is InChI=1S/C20H32N4O8S/c1-20(2,14-21-19(26)8-5-10-32-24(27)28)22-12-15(25)13-31-18-7-4-6-17-16(18)9-11-33(29,30)23(17)3/h4,6-7,15,22,25H,5,8-14H2,1-3H3,(H,21,26). The first kappa shape index (κ1) is 26.6. The van der Waals surface area contributed by atoms with E-state index in [1.54, 1.807) is 18.2 Å². The highest BCUT2D eigenvalue weighted by Gasteiger charge is 2.28. The fourth-order valence-electron chi connectivity index (χ4n) is 3.23. The minimum absolute atomic E-state index is 0.00362. The van der Waals surface area contributed by atoms with Crippen LogP contribution in [0.25, 0.3) is 0 Å². The summed E-state index contributed by atoms with van der Waals surface area (Å²) < 4.78 is 31.2. The van der Waals surface area contributed by atoms with Crippen LogP contribution in [-0.4, -0.2) is 75.3 Å². The quantitative estimate of drug-likeness (QED) is 0.200. The number of benzene rings is 1. The number of sulfonamides is 1. The van der Waals surface area contributed by atoms with E-state index in [9.17, 15) is 28.4 Å². The molecule has 0 saturated heterocycles. The van der Waals surface area contributed by atoms with E-state index in [1.807, 2.05) is 13.8 Å². The van der Waals surface area contributed by atoms with Crippen LogP contribution in [0.5, 0.6) is 5.75 Å². The fraction of sp³-hybridized carbons (Fsp3) is 0.650. The molecule has 0 saturated carbocycles. The maximum atomic E-state index is 12.1. The number of β-amino-alcohol motifs (C(OH)–C–C–N with tert-alkyl or cyclic N) is 1. The molecule has 33 heavy (non-hydrogen) atoms. The number of aliphatic hydroxyl groups is 1. The van der Waals surface area contributed by atoms with Crippen LogP contribution >= 0.6 is 0 Å². The van der Waals surface area contributed by atoms with Gasteiger partial charge in [-0.3, -0.25) is 9.10 Å². The summed E-state index contributed by atoms with van der Waals surface area (Å²) in [5.74, 6) is 0.298. The highest BCUT2D eigenvalue weighted by atomic mass is 32.2. The maximum absolute atomic E-state index is 12.1. The molecule has 1 aromatic rings. The van der Waals surface area contributed by atoms with E-state index < -0.39 is 26.8 Å². The number of hydrogen-bond donors (Lipinski definition) is 3. The largest absolute Gasteiger partial charge is 0.490 e. The van der Waals surface area contributed by atoms with E-state index >= 15 is 0 Å². The Labute approximate surface area is 193 Å². The van der Waals surface area contributed by atoms with Crippen LogP contribution in [0.4, 0.5) is 5.69 Å². The van der Waals surface area contributed by atoms with Crippen molar-refractivity contribution in [1.29, 1.82) is 0 Å². The van der Waals surface area contributed by atoms with Crippen molar-refractivity contribution in [3.05, 3.63) is 33.9 Å². The first-order valence-corrected chi connectivity index (χ1v) is 12.2. The number of nitrogens with one attached hydrogen (secondary N) is 2. The Morgan fingerprint density at radius 1 is 1.39 bits per heavy atom. The van der Waals surface area contributed by atoms with E-state index in [-0.39, 0.29) is 44.3 Å². The zero-order valence-corrected chi connectivity index (χ0v) is 19.9. The van der Waals surface area contributed by atoms with Gasteiger partial charge in [0, 0.05) is 37.7 Å². The second-order valence-electron chi connectivity index (χ2n) is 8.45. The number of anilines is 1. The fourth-order valence-corrected chi connectivity index (χ4v) is 4.44. The summed E-state index contributed by atoms with van der Waals surface area (Å²) in [7, 11) is -1.80. The molecule has 1 aliphatic heterocycles. The van der Waals surface area contributed by atoms with Gasteiger partial charge in [-0.25, -0.2) is 8.42 Å². The third kappa shape index (κ3) is 8.33. The lowest BCUT2D eigenvalue weighted by atomic mass is 10.1. The van der Waals surface area contributed by atoms with Gasteiger partial charge in [0.05, 0.1) is 18.0 Å². The molecule has 0 bridgehead atoms. The summed E-state index contributed by atoms with van der Waals surface area (Å²) >= 11 is 0. The van der Waals surface area contributed by atoms with Gasteiger partial charge >= 0.3 is 0 Å². The van der Waals surface area contributed by atoms with E-state index in [0.29, 0.717) is 24.4 Å². The van der Waals surface area contributed by atoms with Gasteiger partial charge in [-0.2, -0.15) is 0 Å². The molecule has 0 aromatic heterocycles. The smallest absolute Gasteiger partial charge is 0.294 e. The molecule has 0 radical (unpaired) electrons. The Morgan fingerprint density at radius 2 is 2.12 bits per heavy atom. The van der Waals surface area contributed by atoms with Crippen molar-refractivity contribution >= 4 is 21.6 Å². The number of carbonyl (C=O) groups is 1. The molecule has 0 aliphatic carbocycles. The summed E-state index contributed by atoms with van der Waals surface area (Å²) in [6.45, 7) is 4.11. The average molecular weight is 489 g/mol. The topological polar surface area (TPSA) is 160 Å². The van der Waals surface area contributed by atoms with Crippen LogP contribution in [0.3, 0.4) is 0 Å². The summed E-state index contributed by atoms with van der Waals surface area (Å²) in [6.07, 6.45) is -0.141. The van der Waals surface area contributed by atoms with Crippen molar-refractivity contribution in [2.24, 2.45) is 0 Å². The van der Waals surface area contributed by atoms with Gasteiger partial charge in [-0.05, 0) is 38.8 Å². The van der Waals surface area contributed by atoms with Crippen LogP contribution in [-0.2, 0) is 26.1 Å². The van der Waals surface area contributed by atoms with Crippen molar-refractivity contribution in [3.8, 4) is 5.75 Å². The molecule has 1 aliphatic rings. The lowest BCUT2D eigenvalue weighted by Crippen LogP contribution is -2.51. The molecule has 13 heteroatoms. The van der Waals surface area contributed by atoms with Crippen LogP contribution in [0, 0.1) is 10.1 Å². The minimum Gasteiger partial charge on any atom is -0.490 e. The first-order chi connectivity index (χ1) is 15.4. The normalized spacial score (nSPS) is 15.9. The number of amides is 1. The Bertz CT molecular complexity index is 938. The number of ether oxygens (including phenoxy) is 1. The molecular formula is C20H32N4O8S. The molecule has 1 atom stereocenters. The Kier molecular flexibility index (Phi) is 9.25. The highest BCUT2D eigenvalue weighted by molar-refractivity contribution is 7.92. The van der Waals surface area contributed by atoms with E-state index in [2.05, 4.69) is 15.5 Å². The van der Waals surface area contributed by atoms with Gasteiger partial charge in [0.15, 0.2) is 0 Å². The SMILES string of the molecule is CN1c2cccc(OCC(O)CNC(C)(C)CNC(=O)CCCO[N+](=O)[O-])c2CCS1(=O)=O. The number of carbonyl (C=O) groups excluding carboxylic acids is 1.